The van der Waals surface area contributed by atoms with Crippen molar-refractivity contribution in [2.45, 2.75) is 51.0 Å². The highest BCUT2D eigenvalue weighted by molar-refractivity contribution is 7.85. The van der Waals surface area contributed by atoms with Crippen molar-refractivity contribution in [2.24, 2.45) is 7.05 Å². The van der Waals surface area contributed by atoms with Gasteiger partial charge in [-0.05, 0) is 31.9 Å². The molecular weight excluding hydrogens is 312 g/mol. The van der Waals surface area contributed by atoms with Gasteiger partial charge in [-0.2, -0.15) is 0 Å². The minimum absolute atomic E-state index is 0.178. The molecule has 1 aromatic carbocycles. The van der Waals surface area contributed by atoms with Crippen molar-refractivity contribution in [1.82, 2.24) is 4.57 Å². The van der Waals surface area contributed by atoms with E-state index in [0.717, 1.165) is 5.56 Å². The minimum Gasteiger partial charge on any atom is -0.744 e. The fourth-order valence-electron chi connectivity index (χ4n) is 2.06. The second-order valence-electron chi connectivity index (χ2n) is 5.64. The molecule has 0 saturated heterocycles. The third-order valence-corrected chi connectivity index (χ3v) is 4.25. The number of unbranched alkanes of at least 4 members (excludes halogenated alkanes) is 3. The molecule has 2 rings (SSSR count). The second kappa shape index (κ2) is 9.47. The Morgan fingerprint density at radius 2 is 1.78 bits per heavy atom. The van der Waals surface area contributed by atoms with Crippen LogP contribution in [0.15, 0.2) is 47.9 Å². The molecule has 0 aliphatic heterocycles. The molecule has 128 valence electrons. The number of imidazole rings is 1. The van der Waals surface area contributed by atoms with E-state index in [1.54, 1.807) is 12.1 Å². The minimum atomic E-state index is -4.27. The van der Waals surface area contributed by atoms with Crippen molar-refractivity contribution in [1.29, 1.82) is 0 Å². The van der Waals surface area contributed by atoms with Crippen molar-refractivity contribution in [2.75, 3.05) is 0 Å². The van der Waals surface area contributed by atoms with Gasteiger partial charge in [-0.1, -0.05) is 37.5 Å². The summed E-state index contributed by atoms with van der Waals surface area (Å²) < 4.78 is 35.5. The lowest BCUT2D eigenvalue weighted by Crippen LogP contribution is -2.23. The molecule has 0 aliphatic rings. The summed E-state index contributed by atoms with van der Waals surface area (Å²) in [6, 6.07) is 5.78. The molecule has 0 saturated carbocycles. The summed E-state index contributed by atoms with van der Waals surface area (Å²) in [5.41, 5.74) is 0.928. The van der Waals surface area contributed by atoms with Crippen LogP contribution in [0.25, 0.3) is 0 Å². The van der Waals surface area contributed by atoms with Crippen LogP contribution in [0.4, 0.5) is 0 Å². The van der Waals surface area contributed by atoms with E-state index >= 15 is 0 Å². The molecule has 0 N–H and O–H groups in total. The Labute approximate surface area is 139 Å². The molecular formula is C17H26N2O3S. The molecule has 0 unspecified atom stereocenters. The number of hydrogen-bond acceptors (Lipinski definition) is 3. The summed E-state index contributed by atoms with van der Waals surface area (Å²) in [6.45, 7) is 5.23. The fourth-order valence-corrected chi connectivity index (χ4v) is 2.53. The molecule has 6 heteroatoms. The first kappa shape index (κ1) is 19.4. The second-order valence-corrected chi connectivity index (χ2v) is 7.02. The first-order valence-electron chi connectivity index (χ1n) is 7.86. The average Bonchev–Trinajstić information content (AvgIpc) is 2.89. The molecule has 0 bridgehead atoms. The molecule has 0 aliphatic carbocycles. The predicted molar refractivity (Wildman–Crippen MR) is 88.9 cm³/mol. The van der Waals surface area contributed by atoms with Gasteiger partial charge >= 0.3 is 0 Å². The van der Waals surface area contributed by atoms with Crippen LogP contribution in [0, 0.1) is 6.92 Å². The summed E-state index contributed by atoms with van der Waals surface area (Å²) in [4.78, 5) is -0.178. The fraction of sp³-hybridized carbons (Fsp3) is 0.471. The van der Waals surface area contributed by atoms with Gasteiger partial charge in [0.05, 0.1) is 18.5 Å². The maximum absolute atomic E-state index is 10.4. The van der Waals surface area contributed by atoms with E-state index in [2.05, 4.69) is 41.8 Å². The quantitative estimate of drug-likeness (QED) is 0.462. The zero-order valence-electron chi connectivity index (χ0n) is 14.1. The molecule has 0 fully saturated rings. The number of nitrogens with zero attached hydrogens (tertiary/aromatic N) is 2. The highest BCUT2D eigenvalue weighted by Gasteiger charge is 1.98. The van der Waals surface area contributed by atoms with Crippen LogP contribution in [-0.4, -0.2) is 17.5 Å². The number of rotatable bonds is 6. The predicted octanol–water partition coefficient (Wildman–Crippen LogP) is 2.79. The van der Waals surface area contributed by atoms with Gasteiger partial charge < -0.3 is 4.55 Å². The van der Waals surface area contributed by atoms with Crippen LogP contribution >= 0.6 is 0 Å². The monoisotopic (exact) mass is 338 g/mol. The Morgan fingerprint density at radius 3 is 2.26 bits per heavy atom. The Morgan fingerprint density at radius 1 is 1.13 bits per heavy atom. The molecule has 1 heterocycles. The number of aryl methyl sites for hydroxylation is 3. The number of benzene rings is 1. The van der Waals surface area contributed by atoms with Gasteiger partial charge in [-0.25, -0.2) is 17.6 Å². The van der Waals surface area contributed by atoms with E-state index in [1.165, 1.54) is 44.4 Å². The molecule has 23 heavy (non-hydrogen) atoms. The average molecular weight is 338 g/mol. The normalized spacial score (nSPS) is 11.0. The molecule has 0 amide bonds. The molecule has 0 radical (unpaired) electrons. The SMILES string of the molecule is CCCCCCn1cc[n+](C)c1.Cc1ccc(S(=O)(=O)[O-])cc1. The first-order valence-corrected chi connectivity index (χ1v) is 9.27. The highest BCUT2D eigenvalue weighted by atomic mass is 32.2. The summed E-state index contributed by atoms with van der Waals surface area (Å²) in [5, 5.41) is 0. The lowest BCUT2D eigenvalue weighted by Gasteiger charge is -2.05. The van der Waals surface area contributed by atoms with Gasteiger partial charge in [0, 0.05) is 0 Å². The van der Waals surface area contributed by atoms with Crippen molar-refractivity contribution >= 4 is 10.1 Å². The number of aromatic nitrogens is 2. The van der Waals surface area contributed by atoms with Crippen molar-refractivity contribution < 1.29 is 17.5 Å². The third kappa shape index (κ3) is 7.95. The highest BCUT2D eigenvalue weighted by Crippen LogP contribution is 2.08. The van der Waals surface area contributed by atoms with E-state index in [0.29, 0.717) is 0 Å². The van der Waals surface area contributed by atoms with Gasteiger partial charge in [0.15, 0.2) is 0 Å². The van der Waals surface area contributed by atoms with Gasteiger partial charge in [0.1, 0.15) is 22.5 Å². The summed E-state index contributed by atoms with van der Waals surface area (Å²) in [6.07, 6.45) is 11.7. The standard InChI is InChI=1S/C10H19N2.C7H8O3S/c1-3-4-5-6-7-12-9-8-11(2)10-12;1-6-2-4-7(5-3-6)11(8,9)10/h8-10H,3-7H2,1-2H3;2-5H,1H3,(H,8,9,10)/q+1;/p-1. The van der Waals surface area contributed by atoms with E-state index in [1.807, 2.05) is 6.92 Å². The molecule has 0 atom stereocenters. The van der Waals surface area contributed by atoms with Gasteiger partial charge in [0.2, 0.25) is 6.33 Å². The van der Waals surface area contributed by atoms with Crippen LogP contribution in [0.5, 0.6) is 0 Å². The van der Waals surface area contributed by atoms with Crippen LogP contribution < -0.4 is 4.57 Å². The van der Waals surface area contributed by atoms with Crippen molar-refractivity contribution in [3.05, 3.63) is 48.5 Å². The van der Waals surface area contributed by atoms with Crippen molar-refractivity contribution in [3.8, 4) is 0 Å². The zero-order valence-corrected chi connectivity index (χ0v) is 14.9. The van der Waals surface area contributed by atoms with E-state index in [4.69, 9.17) is 0 Å². The summed E-state index contributed by atoms with van der Waals surface area (Å²) >= 11 is 0. The molecule has 0 spiro atoms. The molecule has 5 nitrogen and oxygen atoms in total. The topological polar surface area (TPSA) is 66.0 Å². The zero-order chi connectivity index (χ0) is 17.3. The molecule has 2 aromatic rings. The lowest BCUT2D eigenvalue weighted by molar-refractivity contribution is -0.671. The van der Waals surface area contributed by atoms with Crippen LogP contribution in [0.2, 0.25) is 0 Å². The Bertz CT molecular complexity index is 676. The van der Waals surface area contributed by atoms with E-state index in [-0.39, 0.29) is 4.90 Å². The van der Waals surface area contributed by atoms with Crippen LogP contribution in [0.1, 0.15) is 38.2 Å². The van der Waals surface area contributed by atoms with Gasteiger partial charge in [-0.15, -0.1) is 0 Å². The molecule has 1 aromatic heterocycles. The Kier molecular flexibility index (Phi) is 7.98. The lowest BCUT2D eigenvalue weighted by atomic mass is 10.2. The Hall–Kier alpha value is -1.66. The Balaban J connectivity index is 0.000000231. The maximum atomic E-state index is 10.4. The van der Waals surface area contributed by atoms with Crippen molar-refractivity contribution in [3.63, 3.8) is 0 Å². The summed E-state index contributed by atoms with van der Waals surface area (Å²) in [5.74, 6) is 0. The largest absolute Gasteiger partial charge is 0.744 e. The van der Waals surface area contributed by atoms with E-state index in [9.17, 15) is 13.0 Å². The summed E-state index contributed by atoms with van der Waals surface area (Å²) in [7, 11) is -2.21. The number of hydrogen-bond donors (Lipinski definition) is 0. The van der Waals surface area contributed by atoms with Gasteiger partial charge in [-0.3, -0.25) is 0 Å². The first-order chi connectivity index (χ1) is 10.8. The van der Waals surface area contributed by atoms with Crippen LogP contribution in [-0.2, 0) is 23.7 Å². The van der Waals surface area contributed by atoms with E-state index < -0.39 is 10.1 Å². The van der Waals surface area contributed by atoms with Gasteiger partial charge in [0.25, 0.3) is 0 Å². The maximum Gasteiger partial charge on any atom is 0.243 e. The van der Waals surface area contributed by atoms with Crippen LogP contribution in [0.3, 0.4) is 0 Å². The third-order valence-electron chi connectivity index (χ3n) is 3.40. The smallest absolute Gasteiger partial charge is 0.243 e.